The summed E-state index contributed by atoms with van der Waals surface area (Å²) in [6.45, 7) is 10.7. The maximum Gasteiger partial charge on any atom is 0.408 e. The van der Waals surface area contributed by atoms with Crippen LogP contribution in [-0.2, 0) is 28.5 Å². The van der Waals surface area contributed by atoms with Crippen LogP contribution in [0, 0.1) is 17.3 Å². The van der Waals surface area contributed by atoms with Crippen LogP contribution in [0.3, 0.4) is 0 Å². The minimum absolute atomic E-state index is 0.0543. The van der Waals surface area contributed by atoms with Crippen LogP contribution in [0.25, 0.3) is 0 Å². The number of benzene rings is 2. The number of amides is 1. The molecule has 4 N–H and O–H groups in total. The van der Waals surface area contributed by atoms with E-state index < -0.39 is 102 Å². The monoisotopic (exact) mass is 707 g/mol. The van der Waals surface area contributed by atoms with Crippen LogP contribution in [0.5, 0.6) is 0 Å². The number of alkyl carbamates (subject to hydrolysis) is 1. The standard InChI is InChI=1S/C38H45NO12/c1-19-24-18-48-32(43)22-15-11-12-16-23(22)33(44)50-31(24)38(47)17-25(20(2)26(37(38,6)7)29(41)28(19)40)49-34(45)30(42)27(21-13-9-8-10-14-21)39-35(46)51-36(3,4)5/h8-16,19,24-25,27,29-31,41-42,47H,17-18H2,1-7H3,(H,39,46)/t19-,24?,25-,27-,29+,30+,31-,38+/m0/s1. The number of aliphatic hydroxyl groups excluding tert-OH is 2. The predicted molar refractivity (Wildman–Crippen MR) is 180 cm³/mol. The normalized spacial score (nSPS) is 28.8. The lowest BCUT2D eigenvalue weighted by molar-refractivity contribution is -0.204. The van der Waals surface area contributed by atoms with Crippen molar-refractivity contribution in [2.75, 3.05) is 6.61 Å². The van der Waals surface area contributed by atoms with Gasteiger partial charge in [0.2, 0.25) is 0 Å². The molecule has 13 nitrogen and oxygen atoms in total. The molecule has 13 heteroatoms. The number of ketones is 1. The zero-order chi connectivity index (χ0) is 37.6. The smallest absolute Gasteiger partial charge is 0.408 e. The Morgan fingerprint density at radius 3 is 2.18 bits per heavy atom. The number of rotatable bonds is 5. The molecule has 1 saturated carbocycles. The minimum Gasteiger partial charge on any atom is -0.462 e. The molecular formula is C38H45NO12. The maximum absolute atomic E-state index is 13.9. The number of ether oxygens (including phenoxy) is 4. The van der Waals surface area contributed by atoms with Gasteiger partial charge in [0.25, 0.3) is 0 Å². The van der Waals surface area contributed by atoms with Crippen LogP contribution in [-0.4, -0.2) is 87.3 Å². The van der Waals surface area contributed by atoms with Crippen LogP contribution in [0.1, 0.15) is 87.2 Å². The number of carbonyl (C=O) groups excluding carboxylic acids is 5. The Balaban J connectivity index is 1.55. The van der Waals surface area contributed by atoms with E-state index >= 15 is 0 Å². The quantitative estimate of drug-likeness (QED) is 0.201. The van der Waals surface area contributed by atoms with E-state index in [1.54, 1.807) is 77.9 Å². The number of esters is 3. The molecule has 3 aliphatic rings. The number of hydrogen-bond acceptors (Lipinski definition) is 12. The Hall–Kier alpha value is -4.59. The Morgan fingerprint density at radius 1 is 0.980 bits per heavy atom. The fourth-order valence-electron chi connectivity index (χ4n) is 7.44. The van der Waals surface area contributed by atoms with Crippen LogP contribution >= 0.6 is 0 Å². The summed E-state index contributed by atoms with van der Waals surface area (Å²) < 4.78 is 22.9. The third-order valence-corrected chi connectivity index (χ3v) is 10.3. The summed E-state index contributed by atoms with van der Waals surface area (Å²) in [7, 11) is 0. The highest BCUT2D eigenvalue weighted by atomic mass is 16.6. The number of nitrogens with one attached hydrogen (secondary N) is 1. The van der Waals surface area contributed by atoms with Crippen molar-refractivity contribution in [2.45, 2.75) is 96.5 Å². The van der Waals surface area contributed by atoms with E-state index in [4.69, 9.17) is 18.9 Å². The zero-order valence-electron chi connectivity index (χ0n) is 29.7. The molecule has 1 aliphatic heterocycles. The van der Waals surface area contributed by atoms with Crippen LogP contribution in [0.2, 0.25) is 0 Å². The van der Waals surface area contributed by atoms with Gasteiger partial charge in [0.15, 0.2) is 11.9 Å². The van der Waals surface area contributed by atoms with Crippen molar-refractivity contribution < 1.29 is 58.2 Å². The van der Waals surface area contributed by atoms with Gasteiger partial charge < -0.3 is 39.6 Å². The number of carbonyl (C=O) groups is 5. The maximum atomic E-state index is 13.9. The Morgan fingerprint density at radius 2 is 1.57 bits per heavy atom. The lowest BCUT2D eigenvalue weighted by Crippen LogP contribution is -2.67. The number of hydrogen-bond donors (Lipinski definition) is 4. The fourth-order valence-corrected chi connectivity index (χ4v) is 7.44. The second-order valence-corrected chi connectivity index (χ2v) is 15.0. The molecule has 2 aliphatic carbocycles. The molecule has 2 bridgehead atoms. The van der Waals surface area contributed by atoms with Gasteiger partial charge in [0.1, 0.15) is 29.5 Å². The molecule has 1 unspecified atom stereocenters. The van der Waals surface area contributed by atoms with Crippen molar-refractivity contribution in [3.05, 3.63) is 82.4 Å². The first-order valence-corrected chi connectivity index (χ1v) is 16.8. The first-order valence-electron chi connectivity index (χ1n) is 16.8. The third-order valence-electron chi connectivity index (χ3n) is 10.3. The molecule has 0 aromatic heterocycles. The van der Waals surface area contributed by atoms with Gasteiger partial charge in [-0.05, 0) is 56.5 Å². The van der Waals surface area contributed by atoms with Gasteiger partial charge >= 0.3 is 24.0 Å². The highest BCUT2D eigenvalue weighted by Crippen LogP contribution is 2.55. The molecule has 0 saturated heterocycles. The van der Waals surface area contributed by atoms with Crippen molar-refractivity contribution in [1.29, 1.82) is 0 Å². The molecule has 8 atom stereocenters. The van der Waals surface area contributed by atoms with E-state index in [-0.39, 0.29) is 22.3 Å². The van der Waals surface area contributed by atoms with E-state index in [2.05, 4.69) is 5.32 Å². The third kappa shape index (κ3) is 7.02. The Kier molecular flexibility index (Phi) is 10.2. The van der Waals surface area contributed by atoms with E-state index in [0.717, 1.165) is 0 Å². The van der Waals surface area contributed by atoms with Gasteiger partial charge in [-0.1, -0.05) is 63.2 Å². The second kappa shape index (κ2) is 13.9. The molecule has 1 fully saturated rings. The summed E-state index contributed by atoms with van der Waals surface area (Å²) in [5.74, 6) is -5.84. The molecule has 1 heterocycles. The largest absolute Gasteiger partial charge is 0.462 e. The van der Waals surface area contributed by atoms with Crippen LogP contribution < -0.4 is 5.32 Å². The second-order valence-electron chi connectivity index (χ2n) is 15.0. The van der Waals surface area contributed by atoms with E-state index in [0.29, 0.717) is 5.56 Å². The van der Waals surface area contributed by atoms with E-state index in [1.807, 2.05) is 0 Å². The minimum atomic E-state index is -2.13. The topological polar surface area (TPSA) is 195 Å². The number of aliphatic hydroxyl groups is 3. The van der Waals surface area contributed by atoms with Gasteiger partial charge in [-0.25, -0.2) is 19.2 Å². The van der Waals surface area contributed by atoms with Crippen molar-refractivity contribution >= 4 is 29.8 Å². The average Bonchev–Trinajstić information content (AvgIpc) is 3.12. The number of cyclic esters (lactones) is 1. The molecule has 5 rings (SSSR count). The summed E-state index contributed by atoms with van der Waals surface area (Å²) in [6, 6.07) is 12.8. The first-order chi connectivity index (χ1) is 23.8. The van der Waals surface area contributed by atoms with Gasteiger partial charge in [0.05, 0.1) is 23.8 Å². The lowest BCUT2D eigenvalue weighted by atomic mass is 9.53. The highest BCUT2D eigenvalue weighted by molar-refractivity contribution is 6.03. The highest BCUT2D eigenvalue weighted by Gasteiger charge is 2.64. The van der Waals surface area contributed by atoms with Gasteiger partial charge in [0, 0.05) is 23.7 Å². The van der Waals surface area contributed by atoms with E-state index in [1.165, 1.54) is 25.1 Å². The zero-order valence-corrected chi connectivity index (χ0v) is 29.7. The fraction of sp³-hybridized carbons (Fsp3) is 0.500. The van der Waals surface area contributed by atoms with Crippen molar-refractivity contribution in [2.24, 2.45) is 17.3 Å². The summed E-state index contributed by atoms with van der Waals surface area (Å²) in [5, 5.41) is 38.4. The van der Waals surface area contributed by atoms with Gasteiger partial charge in [-0.15, -0.1) is 0 Å². The molecule has 51 heavy (non-hydrogen) atoms. The molecular weight excluding hydrogens is 662 g/mol. The van der Waals surface area contributed by atoms with Crippen molar-refractivity contribution in [1.82, 2.24) is 5.32 Å². The Bertz CT molecular complexity index is 1740. The van der Waals surface area contributed by atoms with Crippen LogP contribution in [0.4, 0.5) is 4.79 Å². The average molecular weight is 708 g/mol. The van der Waals surface area contributed by atoms with Crippen molar-refractivity contribution in [3.63, 3.8) is 0 Å². The summed E-state index contributed by atoms with van der Waals surface area (Å²) in [4.78, 5) is 67.3. The Labute approximate surface area is 295 Å². The van der Waals surface area contributed by atoms with Gasteiger partial charge in [-0.2, -0.15) is 0 Å². The van der Waals surface area contributed by atoms with Crippen LogP contribution in [0.15, 0.2) is 65.7 Å². The molecule has 2 aromatic carbocycles. The van der Waals surface area contributed by atoms with Crippen molar-refractivity contribution in [3.8, 4) is 0 Å². The number of fused-ring (bicyclic) bond motifs is 5. The summed E-state index contributed by atoms with van der Waals surface area (Å²) in [5.41, 5.74) is -3.99. The number of Topliss-reactive ketones (excluding diaryl/α,β-unsaturated/α-hetero) is 1. The molecule has 274 valence electrons. The molecule has 1 amide bonds. The lowest BCUT2D eigenvalue weighted by Gasteiger charge is -2.57. The van der Waals surface area contributed by atoms with Gasteiger partial charge in [-0.3, -0.25) is 4.79 Å². The molecule has 0 radical (unpaired) electrons. The summed E-state index contributed by atoms with van der Waals surface area (Å²) in [6.07, 6.45) is -7.92. The SMILES string of the molecule is CC1=C2[C@@H](O)C(=O)[C@@H](C)C3COC(=O)c4ccccc4C(=O)O[C@@H]3[C@](O)(C[C@@H]1OC(=O)[C@H](O)[C@@H](NC(=O)OC(C)(C)C)c1ccccc1)C2(C)C. The predicted octanol–water partition coefficient (Wildman–Crippen LogP) is 3.59. The van der Waals surface area contributed by atoms with E-state index in [9.17, 15) is 39.3 Å². The molecule has 2 aromatic rings. The summed E-state index contributed by atoms with van der Waals surface area (Å²) >= 11 is 0. The molecule has 0 spiro atoms. The first kappa shape index (κ1) is 37.7.